The van der Waals surface area contributed by atoms with Crippen LogP contribution >= 0.6 is 11.6 Å². The van der Waals surface area contributed by atoms with Crippen LogP contribution < -0.4 is 5.56 Å². The Hall–Kier alpha value is -2.14. The molecule has 1 atom stereocenters. The molecular formula is C15H15ClN4O. The summed E-state index contributed by atoms with van der Waals surface area (Å²) in [6.45, 7) is 2.99. The van der Waals surface area contributed by atoms with Crippen LogP contribution in [0.1, 0.15) is 18.1 Å². The molecule has 0 spiro atoms. The fourth-order valence-corrected chi connectivity index (χ4v) is 2.51. The van der Waals surface area contributed by atoms with E-state index in [1.165, 1.54) is 0 Å². The lowest BCUT2D eigenvalue weighted by molar-refractivity contribution is 0.539. The van der Waals surface area contributed by atoms with Gasteiger partial charge in [-0.15, -0.1) is 11.6 Å². The molecule has 0 saturated heterocycles. The number of aromatic nitrogens is 4. The summed E-state index contributed by atoms with van der Waals surface area (Å²) >= 11 is 6.20. The van der Waals surface area contributed by atoms with Crippen LogP contribution in [0.3, 0.4) is 0 Å². The first kappa shape index (κ1) is 13.8. The van der Waals surface area contributed by atoms with Gasteiger partial charge in [-0.3, -0.25) is 9.36 Å². The molecule has 0 radical (unpaired) electrons. The number of benzene rings is 1. The number of para-hydroxylation sites is 1. The molecule has 21 heavy (non-hydrogen) atoms. The molecular weight excluding hydrogens is 288 g/mol. The zero-order chi connectivity index (χ0) is 14.8. The lowest BCUT2D eigenvalue weighted by atomic mass is 10.2. The van der Waals surface area contributed by atoms with Gasteiger partial charge in [-0.1, -0.05) is 12.1 Å². The van der Waals surface area contributed by atoms with Crippen LogP contribution in [0.25, 0.3) is 10.9 Å². The first-order valence-corrected chi connectivity index (χ1v) is 7.20. The number of halogens is 1. The summed E-state index contributed by atoms with van der Waals surface area (Å²) in [5, 5.41) is 0.286. The molecule has 6 heteroatoms. The molecule has 1 aromatic carbocycles. The smallest absolute Gasteiger partial charge is 0.261 e. The van der Waals surface area contributed by atoms with Crippen molar-refractivity contribution in [3.63, 3.8) is 0 Å². The van der Waals surface area contributed by atoms with Crippen molar-refractivity contribution < 1.29 is 0 Å². The molecule has 108 valence electrons. The standard InChI is InChI=1S/C15H15ClN4O/c1-11(16)14-18-13-5-3-2-4-12(13)15(21)20(14)9-8-19-7-6-17-10-19/h2-7,10-11H,8-9H2,1H3. The molecule has 1 unspecified atom stereocenters. The van der Waals surface area contributed by atoms with Crippen LogP contribution in [0.4, 0.5) is 0 Å². The summed E-state index contributed by atoms with van der Waals surface area (Å²) in [7, 11) is 0. The van der Waals surface area contributed by atoms with E-state index in [4.69, 9.17) is 11.6 Å². The van der Waals surface area contributed by atoms with E-state index in [0.29, 0.717) is 29.8 Å². The normalized spacial score (nSPS) is 12.7. The third-order valence-electron chi connectivity index (χ3n) is 3.39. The molecule has 5 nitrogen and oxygen atoms in total. The van der Waals surface area contributed by atoms with Gasteiger partial charge < -0.3 is 4.57 Å². The predicted octanol–water partition coefficient (Wildman–Crippen LogP) is 2.59. The Morgan fingerprint density at radius 2 is 2.10 bits per heavy atom. The van der Waals surface area contributed by atoms with Gasteiger partial charge in [0.25, 0.3) is 5.56 Å². The molecule has 2 heterocycles. The van der Waals surface area contributed by atoms with Crippen molar-refractivity contribution in [3.05, 3.63) is 59.2 Å². The summed E-state index contributed by atoms with van der Waals surface area (Å²) in [6, 6.07) is 7.34. The van der Waals surface area contributed by atoms with Crippen molar-refractivity contribution in [2.24, 2.45) is 0 Å². The predicted molar refractivity (Wildman–Crippen MR) is 82.5 cm³/mol. The maximum absolute atomic E-state index is 12.7. The van der Waals surface area contributed by atoms with E-state index < -0.39 is 0 Å². The molecule has 0 aliphatic rings. The molecule has 0 aliphatic carbocycles. The second-order valence-corrected chi connectivity index (χ2v) is 5.52. The van der Waals surface area contributed by atoms with Crippen molar-refractivity contribution >= 4 is 22.5 Å². The van der Waals surface area contributed by atoms with E-state index in [9.17, 15) is 4.79 Å². The first-order chi connectivity index (χ1) is 10.2. The molecule has 2 aromatic heterocycles. The van der Waals surface area contributed by atoms with Gasteiger partial charge in [0.05, 0.1) is 22.6 Å². The summed E-state index contributed by atoms with van der Waals surface area (Å²) in [4.78, 5) is 21.2. The molecule has 0 amide bonds. The number of rotatable bonds is 4. The van der Waals surface area contributed by atoms with Gasteiger partial charge in [-0.05, 0) is 19.1 Å². The highest BCUT2D eigenvalue weighted by atomic mass is 35.5. The lowest BCUT2D eigenvalue weighted by Crippen LogP contribution is -2.27. The lowest BCUT2D eigenvalue weighted by Gasteiger charge is -2.15. The first-order valence-electron chi connectivity index (χ1n) is 6.76. The number of alkyl halides is 1. The van der Waals surface area contributed by atoms with E-state index in [0.717, 1.165) is 0 Å². The number of imidazole rings is 1. The Kier molecular flexibility index (Phi) is 3.75. The third-order valence-corrected chi connectivity index (χ3v) is 3.58. The Bertz CT molecular complexity index is 808. The Balaban J connectivity index is 2.08. The van der Waals surface area contributed by atoms with Gasteiger partial charge in [-0.2, -0.15) is 0 Å². The fraction of sp³-hybridized carbons (Fsp3) is 0.267. The molecule has 0 saturated carbocycles. The zero-order valence-electron chi connectivity index (χ0n) is 11.6. The third kappa shape index (κ3) is 2.69. The maximum Gasteiger partial charge on any atom is 0.261 e. The molecule has 3 rings (SSSR count). The monoisotopic (exact) mass is 302 g/mol. The van der Waals surface area contributed by atoms with Crippen molar-refractivity contribution in [3.8, 4) is 0 Å². The summed E-state index contributed by atoms with van der Waals surface area (Å²) in [5.41, 5.74) is 0.632. The second-order valence-electron chi connectivity index (χ2n) is 4.86. The highest BCUT2D eigenvalue weighted by molar-refractivity contribution is 6.20. The van der Waals surface area contributed by atoms with Crippen LogP contribution in [0.15, 0.2) is 47.8 Å². The minimum absolute atomic E-state index is 0.0526. The average Bonchev–Trinajstić information content (AvgIpc) is 2.99. The fourth-order valence-electron chi connectivity index (χ4n) is 2.34. The second kappa shape index (κ2) is 5.69. The van der Waals surface area contributed by atoms with Crippen molar-refractivity contribution in [2.45, 2.75) is 25.4 Å². The highest BCUT2D eigenvalue weighted by Crippen LogP contribution is 2.18. The number of aryl methyl sites for hydroxylation is 1. The molecule has 0 aliphatic heterocycles. The van der Waals surface area contributed by atoms with Gasteiger partial charge in [0.15, 0.2) is 0 Å². The number of hydrogen-bond acceptors (Lipinski definition) is 3. The SMILES string of the molecule is CC(Cl)c1nc2ccccc2c(=O)n1CCn1ccnc1. The van der Waals surface area contributed by atoms with E-state index >= 15 is 0 Å². The molecule has 0 bridgehead atoms. The van der Waals surface area contributed by atoms with Crippen LogP contribution in [0.5, 0.6) is 0 Å². The molecule has 3 aromatic rings. The van der Waals surface area contributed by atoms with E-state index in [2.05, 4.69) is 9.97 Å². The summed E-state index contributed by atoms with van der Waals surface area (Å²) < 4.78 is 3.57. The summed E-state index contributed by atoms with van der Waals surface area (Å²) in [6.07, 6.45) is 5.30. The minimum Gasteiger partial charge on any atom is -0.336 e. The van der Waals surface area contributed by atoms with Gasteiger partial charge in [0.1, 0.15) is 5.82 Å². The Labute approximate surface area is 126 Å². The minimum atomic E-state index is -0.329. The van der Waals surface area contributed by atoms with Gasteiger partial charge in [0.2, 0.25) is 0 Å². The van der Waals surface area contributed by atoms with Crippen LogP contribution in [-0.4, -0.2) is 19.1 Å². The van der Waals surface area contributed by atoms with Crippen molar-refractivity contribution in [1.29, 1.82) is 0 Å². The zero-order valence-corrected chi connectivity index (χ0v) is 12.4. The number of fused-ring (bicyclic) bond motifs is 1. The number of hydrogen-bond donors (Lipinski definition) is 0. The van der Waals surface area contributed by atoms with Crippen molar-refractivity contribution in [1.82, 2.24) is 19.1 Å². The summed E-state index contributed by atoms with van der Waals surface area (Å²) in [5.74, 6) is 0.598. The van der Waals surface area contributed by atoms with E-state index in [-0.39, 0.29) is 10.9 Å². The molecule has 0 N–H and O–H groups in total. The van der Waals surface area contributed by atoms with Gasteiger partial charge in [0, 0.05) is 25.5 Å². The van der Waals surface area contributed by atoms with E-state index in [1.807, 2.05) is 35.9 Å². The number of nitrogens with zero attached hydrogens (tertiary/aromatic N) is 4. The largest absolute Gasteiger partial charge is 0.336 e. The maximum atomic E-state index is 12.7. The van der Waals surface area contributed by atoms with Gasteiger partial charge in [-0.25, -0.2) is 9.97 Å². The van der Waals surface area contributed by atoms with Crippen LogP contribution in [0, 0.1) is 0 Å². The van der Waals surface area contributed by atoms with Gasteiger partial charge >= 0.3 is 0 Å². The average molecular weight is 303 g/mol. The quantitative estimate of drug-likeness (QED) is 0.696. The molecule has 0 fully saturated rings. The van der Waals surface area contributed by atoms with Crippen molar-refractivity contribution in [2.75, 3.05) is 0 Å². The van der Waals surface area contributed by atoms with Crippen LogP contribution in [-0.2, 0) is 13.1 Å². The highest BCUT2D eigenvalue weighted by Gasteiger charge is 2.14. The topological polar surface area (TPSA) is 52.7 Å². The van der Waals surface area contributed by atoms with Crippen LogP contribution in [0.2, 0.25) is 0 Å². The Morgan fingerprint density at radius 1 is 1.29 bits per heavy atom. The Morgan fingerprint density at radius 3 is 2.81 bits per heavy atom. The van der Waals surface area contributed by atoms with E-state index in [1.54, 1.807) is 23.2 Å².